The maximum Gasteiger partial charge on any atom is 0.254 e. The number of carbonyl (C=O) groups is 2. The van der Waals surface area contributed by atoms with E-state index in [4.69, 9.17) is 9.47 Å². The van der Waals surface area contributed by atoms with Gasteiger partial charge in [0.25, 0.3) is 5.91 Å². The molecule has 0 fully saturated rings. The van der Waals surface area contributed by atoms with E-state index in [1.807, 2.05) is 53.4 Å². The third kappa shape index (κ3) is 11.2. The van der Waals surface area contributed by atoms with Gasteiger partial charge in [0.05, 0.1) is 13.7 Å². The number of methoxy groups -OCH3 is 1. The predicted molar refractivity (Wildman–Crippen MR) is 243 cm³/mol. The van der Waals surface area contributed by atoms with E-state index in [-0.39, 0.29) is 11.8 Å². The zero-order valence-electron chi connectivity index (χ0n) is 34.0. The number of rotatable bonds is 20. The maximum atomic E-state index is 14.0. The number of nitrogens with one attached hydrogen (secondary N) is 2. The number of amides is 2. The van der Waals surface area contributed by atoms with Gasteiger partial charge in [-0.25, -0.2) is 0 Å². The van der Waals surface area contributed by atoms with Crippen LogP contribution in [0.5, 0.6) is 11.5 Å². The minimum atomic E-state index is -0.0538. The molecule has 2 amide bonds. The molecule has 302 valence electrons. The van der Waals surface area contributed by atoms with Gasteiger partial charge >= 0.3 is 0 Å². The largest absolute Gasteiger partial charge is 0.496 e. The lowest BCUT2D eigenvalue weighted by Gasteiger charge is -2.24. The van der Waals surface area contributed by atoms with E-state index in [2.05, 4.69) is 108 Å². The first kappa shape index (κ1) is 41.2. The Morgan fingerprint density at radius 2 is 1.44 bits per heavy atom. The molecule has 7 rings (SSSR count). The average Bonchev–Trinajstić information content (AvgIpc) is 3.82. The molecule has 59 heavy (non-hydrogen) atoms. The van der Waals surface area contributed by atoms with Crippen molar-refractivity contribution >= 4 is 44.7 Å². The number of aryl methyl sites for hydroxylation is 2. The Morgan fingerprint density at radius 1 is 0.712 bits per heavy atom. The van der Waals surface area contributed by atoms with E-state index in [1.54, 1.807) is 18.4 Å². The molecule has 0 spiro atoms. The van der Waals surface area contributed by atoms with E-state index in [9.17, 15) is 9.59 Å². The molecule has 2 N–H and O–H groups in total. The molecule has 7 aromatic rings. The number of hydrogen-bond donors (Lipinski definition) is 2. The van der Waals surface area contributed by atoms with Crippen molar-refractivity contribution in [3.63, 3.8) is 0 Å². The molecule has 0 unspecified atom stereocenters. The highest BCUT2D eigenvalue weighted by atomic mass is 32.1. The van der Waals surface area contributed by atoms with Crippen LogP contribution in [-0.4, -0.2) is 50.1 Å². The number of benzene rings is 6. The standard InChI is InChI=1S/C51H53N3O4S/c1-37-18-20-38(21-19-37)35-54(51(56)40-24-22-39(23-25-40)49-16-9-32-59-49)36-43-26-27-44(34-48(43)57-2)58-31-8-17-50(55)53-30-10-29-52-28-7-15-47-45-13-5-3-11-41(45)33-42-12-4-6-14-46(42)47/h3-6,9,11-14,16,18-27,32-34,52H,7-8,10,15,17,28-31,35-36H2,1-2H3,(H,53,55). The van der Waals surface area contributed by atoms with Crippen LogP contribution in [0.15, 0.2) is 139 Å². The van der Waals surface area contributed by atoms with Crippen molar-refractivity contribution in [3.05, 3.63) is 167 Å². The monoisotopic (exact) mass is 803 g/mol. The van der Waals surface area contributed by atoms with Crippen LogP contribution < -0.4 is 20.1 Å². The average molecular weight is 804 g/mol. The molecule has 1 aromatic heterocycles. The second kappa shape index (κ2) is 20.6. The quantitative estimate of drug-likeness (QED) is 0.0593. The van der Waals surface area contributed by atoms with E-state index in [1.165, 1.54) is 37.5 Å². The van der Waals surface area contributed by atoms with Gasteiger partial charge in [-0.3, -0.25) is 9.59 Å². The minimum absolute atomic E-state index is 0.0314. The summed E-state index contributed by atoms with van der Waals surface area (Å²) in [6, 6.07) is 45.5. The van der Waals surface area contributed by atoms with Crippen molar-refractivity contribution in [2.24, 2.45) is 0 Å². The van der Waals surface area contributed by atoms with Crippen molar-refractivity contribution in [2.45, 2.75) is 52.1 Å². The molecule has 0 saturated heterocycles. The van der Waals surface area contributed by atoms with Crippen LogP contribution in [0.4, 0.5) is 0 Å². The first-order chi connectivity index (χ1) is 28.9. The van der Waals surface area contributed by atoms with Crippen LogP contribution >= 0.6 is 11.3 Å². The van der Waals surface area contributed by atoms with Gasteiger partial charge in [0.2, 0.25) is 5.91 Å². The van der Waals surface area contributed by atoms with Crippen molar-refractivity contribution in [2.75, 3.05) is 33.4 Å². The Labute approximate surface area is 352 Å². The Balaban J connectivity index is 0.833. The van der Waals surface area contributed by atoms with Gasteiger partial charge in [0, 0.05) is 48.1 Å². The fourth-order valence-corrected chi connectivity index (χ4v) is 8.24. The summed E-state index contributed by atoms with van der Waals surface area (Å²) in [5, 5.41) is 13.9. The summed E-state index contributed by atoms with van der Waals surface area (Å²) >= 11 is 1.68. The summed E-state index contributed by atoms with van der Waals surface area (Å²) in [4.78, 5) is 29.6. The molecular weight excluding hydrogens is 751 g/mol. The molecule has 0 saturated carbocycles. The van der Waals surface area contributed by atoms with Crippen LogP contribution in [0, 0.1) is 6.92 Å². The van der Waals surface area contributed by atoms with E-state index >= 15 is 0 Å². The Kier molecular flexibility index (Phi) is 14.4. The first-order valence-electron chi connectivity index (χ1n) is 20.6. The highest BCUT2D eigenvalue weighted by molar-refractivity contribution is 7.13. The van der Waals surface area contributed by atoms with Gasteiger partial charge in [0.15, 0.2) is 0 Å². The van der Waals surface area contributed by atoms with E-state index in [0.29, 0.717) is 56.1 Å². The van der Waals surface area contributed by atoms with Crippen molar-refractivity contribution in [1.29, 1.82) is 0 Å². The Morgan fingerprint density at radius 3 is 2.15 bits per heavy atom. The highest BCUT2D eigenvalue weighted by Crippen LogP contribution is 2.31. The molecule has 0 aliphatic heterocycles. The third-order valence-electron chi connectivity index (χ3n) is 10.7. The van der Waals surface area contributed by atoms with Gasteiger partial charge in [-0.15, -0.1) is 11.3 Å². The van der Waals surface area contributed by atoms with Crippen LogP contribution in [-0.2, 0) is 24.3 Å². The zero-order chi connectivity index (χ0) is 40.8. The van der Waals surface area contributed by atoms with Crippen LogP contribution in [0.1, 0.15) is 58.3 Å². The van der Waals surface area contributed by atoms with E-state index < -0.39 is 0 Å². The Bertz CT molecular complexity index is 2390. The van der Waals surface area contributed by atoms with Gasteiger partial charge in [-0.2, -0.15) is 0 Å². The topological polar surface area (TPSA) is 79.9 Å². The predicted octanol–water partition coefficient (Wildman–Crippen LogP) is 10.8. The van der Waals surface area contributed by atoms with Gasteiger partial charge < -0.3 is 25.0 Å². The fourth-order valence-electron chi connectivity index (χ4n) is 7.51. The number of fused-ring (bicyclic) bond motifs is 2. The van der Waals surface area contributed by atoms with Crippen LogP contribution in [0.3, 0.4) is 0 Å². The Hall–Kier alpha value is -5.96. The molecule has 0 radical (unpaired) electrons. The molecular formula is C51H53N3O4S. The van der Waals surface area contributed by atoms with Crippen molar-refractivity contribution in [3.8, 4) is 21.9 Å². The molecule has 6 aromatic carbocycles. The molecule has 0 bridgehead atoms. The van der Waals surface area contributed by atoms with Crippen LogP contribution in [0.2, 0.25) is 0 Å². The maximum absolute atomic E-state index is 14.0. The lowest BCUT2D eigenvalue weighted by Crippen LogP contribution is -2.30. The fraction of sp³-hybridized carbons (Fsp3) is 0.255. The minimum Gasteiger partial charge on any atom is -0.496 e. The second-order valence-corrected chi connectivity index (χ2v) is 15.9. The van der Waals surface area contributed by atoms with E-state index in [0.717, 1.165) is 49.0 Å². The number of hydrogen-bond acceptors (Lipinski definition) is 6. The molecule has 0 aliphatic carbocycles. The summed E-state index contributed by atoms with van der Waals surface area (Å²) in [6.07, 6.45) is 3.94. The normalized spacial score (nSPS) is 11.2. The number of ether oxygens (including phenoxy) is 2. The summed E-state index contributed by atoms with van der Waals surface area (Å²) < 4.78 is 11.8. The number of thiophene rings is 1. The summed E-state index contributed by atoms with van der Waals surface area (Å²) in [5.41, 5.74) is 6.25. The van der Waals surface area contributed by atoms with Crippen molar-refractivity contribution < 1.29 is 19.1 Å². The lowest BCUT2D eigenvalue weighted by molar-refractivity contribution is -0.121. The molecule has 7 nitrogen and oxygen atoms in total. The SMILES string of the molecule is COc1cc(OCCCC(=O)NCCCNCCCc2c3ccccc3cc3ccccc23)ccc1CN(Cc1ccc(C)cc1)C(=O)c1ccc(-c2cccs2)cc1. The first-order valence-corrected chi connectivity index (χ1v) is 21.5. The molecule has 1 heterocycles. The lowest BCUT2D eigenvalue weighted by atomic mass is 9.94. The zero-order valence-corrected chi connectivity index (χ0v) is 34.9. The third-order valence-corrected chi connectivity index (χ3v) is 11.6. The van der Waals surface area contributed by atoms with Gasteiger partial charge in [0.1, 0.15) is 11.5 Å². The number of carbonyl (C=O) groups excluding carboxylic acids is 2. The molecule has 0 atom stereocenters. The van der Waals surface area contributed by atoms with Gasteiger partial charge in [-0.05, 0) is 126 Å². The summed E-state index contributed by atoms with van der Waals surface area (Å²) in [7, 11) is 1.63. The smallest absolute Gasteiger partial charge is 0.254 e. The number of nitrogens with zero attached hydrogens (tertiary/aromatic N) is 1. The summed E-state index contributed by atoms with van der Waals surface area (Å²) in [5.74, 6) is 1.28. The molecule has 8 heteroatoms. The van der Waals surface area contributed by atoms with Gasteiger partial charge in [-0.1, -0.05) is 96.6 Å². The van der Waals surface area contributed by atoms with Crippen LogP contribution in [0.25, 0.3) is 32.0 Å². The van der Waals surface area contributed by atoms with Crippen molar-refractivity contribution in [1.82, 2.24) is 15.5 Å². The highest BCUT2D eigenvalue weighted by Gasteiger charge is 2.20. The summed E-state index contributed by atoms with van der Waals surface area (Å²) in [6.45, 7) is 5.72. The second-order valence-electron chi connectivity index (χ2n) is 15.0. The molecule has 0 aliphatic rings.